The second kappa shape index (κ2) is 8.82. The third-order valence-corrected chi connectivity index (χ3v) is 3.24. The number of aromatic nitrogens is 1. The number of hydrogen-bond donors (Lipinski definition) is 2. The van der Waals surface area contributed by atoms with Gasteiger partial charge in [0.15, 0.2) is 0 Å². The summed E-state index contributed by atoms with van der Waals surface area (Å²) in [6.45, 7) is -0.0393. The van der Waals surface area contributed by atoms with Gasteiger partial charge in [0.25, 0.3) is 5.88 Å². The Hall–Kier alpha value is -1.21. The van der Waals surface area contributed by atoms with Crippen LogP contribution in [0.2, 0.25) is 0 Å². The Morgan fingerprint density at radius 3 is 3.05 bits per heavy atom. The predicted molar refractivity (Wildman–Crippen MR) is 73.4 cm³/mol. The molecule has 0 aromatic carbocycles. The minimum Gasteiger partial charge on any atom is -0.479 e. The van der Waals surface area contributed by atoms with Gasteiger partial charge < -0.3 is 19.7 Å². The zero-order valence-electron chi connectivity index (χ0n) is 11.2. The van der Waals surface area contributed by atoms with Crippen molar-refractivity contribution in [2.24, 2.45) is 0 Å². The number of amides is 1. The molecule has 0 radical (unpaired) electrons. The molecule has 1 atom stereocenters. The van der Waals surface area contributed by atoms with Crippen molar-refractivity contribution in [3.8, 4) is 5.88 Å². The summed E-state index contributed by atoms with van der Waals surface area (Å²) in [6, 6.07) is 1.48. The van der Waals surface area contributed by atoms with Gasteiger partial charge in [0.1, 0.15) is 5.76 Å². The monoisotopic (exact) mass is 288 g/mol. The number of hydrogen-bond acceptors (Lipinski definition) is 6. The van der Waals surface area contributed by atoms with Gasteiger partial charge in [-0.1, -0.05) is 0 Å². The number of aryl methyl sites for hydroxylation is 1. The van der Waals surface area contributed by atoms with Crippen LogP contribution in [-0.2, 0) is 11.2 Å². The van der Waals surface area contributed by atoms with E-state index in [1.54, 1.807) is 17.8 Å². The van der Waals surface area contributed by atoms with Gasteiger partial charge in [0.2, 0.25) is 5.91 Å². The van der Waals surface area contributed by atoms with Crippen LogP contribution in [0.5, 0.6) is 5.88 Å². The molecule has 2 N–H and O–H groups in total. The molecule has 1 aromatic rings. The maximum Gasteiger partial charge on any atom is 0.254 e. The molecule has 0 unspecified atom stereocenters. The molecule has 0 aliphatic carbocycles. The van der Waals surface area contributed by atoms with Crippen LogP contribution in [0.3, 0.4) is 0 Å². The van der Waals surface area contributed by atoms with E-state index >= 15 is 0 Å². The first-order valence-electron chi connectivity index (χ1n) is 6.08. The fraction of sp³-hybridized carbons (Fsp3) is 0.667. The lowest BCUT2D eigenvalue weighted by Gasteiger charge is -2.15. The Bertz CT molecular complexity index is 384. The highest BCUT2D eigenvalue weighted by molar-refractivity contribution is 7.98. The summed E-state index contributed by atoms with van der Waals surface area (Å²) in [7, 11) is 1.51. The second-order valence-electron chi connectivity index (χ2n) is 4.06. The lowest BCUT2D eigenvalue weighted by molar-refractivity contribution is -0.122. The molecule has 0 spiro atoms. The van der Waals surface area contributed by atoms with Crippen molar-refractivity contribution in [2.75, 3.05) is 25.7 Å². The molecule has 0 fully saturated rings. The van der Waals surface area contributed by atoms with E-state index in [2.05, 4.69) is 10.5 Å². The summed E-state index contributed by atoms with van der Waals surface area (Å²) < 4.78 is 9.88. The Morgan fingerprint density at radius 1 is 1.68 bits per heavy atom. The van der Waals surface area contributed by atoms with Crippen LogP contribution in [-0.4, -0.2) is 47.9 Å². The number of aliphatic hydroxyl groups excluding tert-OH is 1. The van der Waals surface area contributed by atoms with E-state index in [1.165, 1.54) is 7.11 Å². The van der Waals surface area contributed by atoms with E-state index in [1.807, 2.05) is 6.26 Å². The summed E-state index contributed by atoms with van der Waals surface area (Å²) in [5, 5.41) is 15.6. The summed E-state index contributed by atoms with van der Waals surface area (Å²) >= 11 is 1.69. The number of carbonyl (C=O) groups is 1. The smallest absolute Gasteiger partial charge is 0.254 e. The van der Waals surface area contributed by atoms with Crippen LogP contribution < -0.4 is 10.1 Å². The molecular weight excluding hydrogens is 268 g/mol. The summed E-state index contributed by atoms with van der Waals surface area (Å²) in [4.78, 5) is 11.7. The van der Waals surface area contributed by atoms with E-state index in [0.717, 1.165) is 12.2 Å². The highest BCUT2D eigenvalue weighted by Gasteiger charge is 2.12. The Kier molecular flexibility index (Phi) is 7.35. The molecule has 1 heterocycles. The summed E-state index contributed by atoms with van der Waals surface area (Å²) in [5.41, 5.74) is 0. The first-order chi connectivity index (χ1) is 9.19. The van der Waals surface area contributed by atoms with Crippen molar-refractivity contribution in [3.63, 3.8) is 0 Å². The van der Waals surface area contributed by atoms with Gasteiger partial charge in [-0.2, -0.15) is 11.8 Å². The van der Waals surface area contributed by atoms with Crippen molar-refractivity contribution >= 4 is 17.7 Å². The maximum atomic E-state index is 11.7. The van der Waals surface area contributed by atoms with Crippen LogP contribution >= 0.6 is 11.8 Å². The van der Waals surface area contributed by atoms with Gasteiger partial charge in [-0.15, -0.1) is 0 Å². The van der Waals surface area contributed by atoms with Crippen molar-refractivity contribution in [3.05, 3.63) is 11.8 Å². The molecule has 0 saturated carbocycles. The molecule has 1 aromatic heterocycles. The molecule has 0 bridgehead atoms. The Balaban J connectivity index is 2.29. The maximum absolute atomic E-state index is 11.7. The van der Waals surface area contributed by atoms with E-state index in [-0.39, 0.29) is 18.6 Å². The standard InChI is InChI=1S/C12H20N2O4S/c1-17-12-7-10(18-14-12)3-4-11(16)13-9(8-15)5-6-19-2/h7,9,15H,3-6,8H2,1-2H3,(H,13,16)/t9-/m0/s1. The highest BCUT2D eigenvalue weighted by Crippen LogP contribution is 2.12. The van der Waals surface area contributed by atoms with Crippen molar-refractivity contribution in [2.45, 2.75) is 25.3 Å². The molecule has 0 aliphatic heterocycles. The molecule has 6 nitrogen and oxygen atoms in total. The Morgan fingerprint density at radius 2 is 2.47 bits per heavy atom. The number of nitrogens with zero attached hydrogens (tertiary/aromatic N) is 1. The SMILES string of the molecule is COc1cc(CCC(=O)N[C@H](CO)CCSC)on1. The zero-order chi connectivity index (χ0) is 14.1. The molecule has 0 aliphatic rings. The number of aliphatic hydroxyl groups is 1. The van der Waals surface area contributed by atoms with Crippen LogP contribution in [0.1, 0.15) is 18.6 Å². The summed E-state index contributed by atoms with van der Waals surface area (Å²) in [6.07, 6.45) is 3.52. The van der Waals surface area contributed by atoms with Gasteiger partial charge in [-0.05, 0) is 23.6 Å². The molecule has 108 valence electrons. The lowest BCUT2D eigenvalue weighted by atomic mass is 10.2. The van der Waals surface area contributed by atoms with Gasteiger partial charge >= 0.3 is 0 Å². The molecule has 0 saturated heterocycles. The normalized spacial score (nSPS) is 12.2. The first-order valence-corrected chi connectivity index (χ1v) is 7.47. The van der Waals surface area contributed by atoms with Crippen LogP contribution in [0.25, 0.3) is 0 Å². The topological polar surface area (TPSA) is 84.6 Å². The average Bonchev–Trinajstić information content (AvgIpc) is 2.89. The molecule has 19 heavy (non-hydrogen) atoms. The molecule has 7 heteroatoms. The predicted octanol–water partition coefficient (Wildman–Crippen LogP) is 0.846. The van der Waals surface area contributed by atoms with E-state index in [0.29, 0.717) is 24.5 Å². The quantitative estimate of drug-likeness (QED) is 0.700. The van der Waals surface area contributed by atoms with E-state index < -0.39 is 0 Å². The average molecular weight is 288 g/mol. The highest BCUT2D eigenvalue weighted by atomic mass is 32.2. The fourth-order valence-corrected chi connectivity index (χ4v) is 2.03. The summed E-state index contributed by atoms with van der Waals surface area (Å²) in [5.74, 6) is 1.82. The number of ether oxygens (including phenoxy) is 1. The van der Waals surface area contributed by atoms with Crippen LogP contribution in [0.15, 0.2) is 10.6 Å². The van der Waals surface area contributed by atoms with Gasteiger partial charge in [-0.3, -0.25) is 4.79 Å². The largest absolute Gasteiger partial charge is 0.479 e. The lowest BCUT2D eigenvalue weighted by Crippen LogP contribution is -2.38. The van der Waals surface area contributed by atoms with E-state index in [9.17, 15) is 4.79 Å². The van der Waals surface area contributed by atoms with Crippen molar-refractivity contribution in [1.82, 2.24) is 10.5 Å². The second-order valence-corrected chi connectivity index (χ2v) is 5.05. The number of rotatable bonds is 9. The van der Waals surface area contributed by atoms with Crippen molar-refractivity contribution < 1.29 is 19.2 Å². The third-order valence-electron chi connectivity index (χ3n) is 2.60. The van der Waals surface area contributed by atoms with Crippen LogP contribution in [0.4, 0.5) is 0 Å². The van der Waals surface area contributed by atoms with Gasteiger partial charge in [0, 0.05) is 18.9 Å². The number of methoxy groups -OCH3 is 1. The molecule has 1 amide bonds. The minimum absolute atomic E-state index is 0.0393. The first kappa shape index (κ1) is 15.8. The molecule has 1 rings (SSSR count). The fourth-order valence-electron chi connectivity index (χ4n) is 1.51. The number of thioether (sulfide) groups is 1. The van der Waals surface area contributed by atoms with Gasteiger partial charge in [-0.25, -0.2) is 0 Å². The third kappa shape index (κ3) is 5.98. The van der Waals surface area contributed by atoms with Gasteiger partial charge in [0.05, 0.1) is 19.8 Å². The minimum atomic E-state index is -0.177. The van der Waals surface area contributed by atoms with Crippen LogP contribution in [0, 0.1) is 0 Å². The number of nitrogens with one attached hydrogen (secondary N) is 1. The Labute approximate surface area is 116 Å². The van der Waals surface area contributed by atoms with Crippen molar-refractivity contribution in [1.29, 1.82) is 0 Å². The molecular formula is C12H20N2O4S. The zero-order valence-corrected chi connectivity index (χ0v) is 12.0. The number of carbonyl (C=O) groups excluding carboxylic acids is 1. The van der Waals surface area contributed by atoms with E-state index in [4.69, 9.17) is 14.4 Å².